The molecule has 1 aromatic heterocycles. The molecular formula is C24H22F3N3O4. The Morgan fingerprint density at radius 2 is 1.85 bits per heavy atom. The smallest absolute Gasteiger partial charge is 0.416 e. The zero-order valence-electron chi connectivity index (χ0n) is 18.4. The molecule has 1 heterocycles. The highest BCUT2D eigenvalue weighted by atomic mass is 19.4. The number of nitrogens with one attached hydrogen (secondary N) is 1. The van der Waals surface area contributed by atoms with Crippen molar-refractivity contribution in [2.24, 2.45) is 7.05 Å². The number of benzene rings is 2. The van der Waals surface area contributed by atoms with Crippen molar-refractivity contribution in [1.82, 2.24) is 15.1 Å². The minimum atomic E-state index is -4.52. The van der Waals surface area contributed by atoms with Crippen LogP contribution in [0, 0.1) is 6.92 Å². The van der Waals surface area contributed by atoms with Gasteiger partial charge in [0.25, 0.3) is 5.91 Å². The lowest BCUT2D eigenvalue weighted by Crippen LogP contribution is -2.38. The summed E-state index contributed by atoms with van der Waals surface area (Å²) >= 11 is 0. The second-order valence-corrected chi connectivity index (χ2v) is 8.43. The Morgan fingerprint density at radius 3 is 2.44 bits per heavy atom. The van der Waals surface area contributed by atoms with Crippen LogP contribution in [0.3, 0.4) is 0 Å². The largest absolute Gasteiger partial charge is 0.478 e. The van der Waals surface area contributed by atoms with Crippen LogP contribution in [0.2, 0.25) is 0 Å². The first kappa shape index (κ1) is 23.3. The van der Waals surface area contributed by atoms with E-state index >= 15 is 0 Å². The number of nitrogens with zero attached hydrogens (tertiary/aromatic N) is 2. The molecule has 34 heavy (non-hydrogen) atoms. The molecule has 0 spiro atoms. The number of carboxylic acid groups (broad SMARTS) is 1. The van der Waals surface area contributed by atoms with Crippen molar-refractivity contribution in [3.8, 4) is 11.6 Å². The maximum Gasteiger partial charge on any atom is 0.416 e. The molecule has 1 aliphatic carbocycles. The number of rotatable bonds is 7. The standard InChI is InChI=1S/C24H22F3N3O4/c1-14-19(21(30(2)29-14)34-18-5-3-4-17(12-18)24(25,26)27)20(31)28-23(10-11-23)13-15-6-8-16(9-7-15)22(32)33/h3-9,12H,10-11,13H2,1-2H3,(H,28,31)(H,32,33). The molecular weight excluding hydrogens is 451 g/mol. The van der Waals surface area contributed by atoms with Crippen molar-refractivity contribution in [2.45, 2.75) is 37.9 Å². The van der Waals surface area contributed by atoms with E-state index in [9.17, 15) is 22.8 Å². The lowest BCUT2D eigenvalue weighted by Gasteiger charge is -2.18. The van der Waals surface area contributed by atoms with Gasteiger partial charge in [0.1, 0.15) is 11.3 Å². The van der Waals surface area contributed by atoms with Crippen LogP contribution in [0.15, 0.2) is 48.5 Å². The second-order valence-electron chi connectivity index (χ2n) is 8.43. The number of hydrogen-bond acceptors (Lipinski definition) is 4. The number of carbonyl (C=O) groups is 2. The Kier molecular flexibility index (Phi) is 5.84. The number of amides is 1. The number of aromatic carboxylic acids is 1. The van der Waals surface area contributed by atoms with E-state index in [0.717, 1.165) is 30.5 Å². The number of halogens is 3. The van der Waals surface area contributed by atoms with Crippen LogP contribution in [0.4, 0.5) is 13.2 Å². The molecule has 0 bridgehead atoms. The van der Waals surface area contributed by atoms with Gasteiger partial charge in [0.15, 0.2) is 0 Å². The Hall–Kier alpha value is -3.82. The van der Waals surface area contributed by atoms with E-state index in [1.54, 1.807) is 26.1 Å². The molecule has 1 aliphatic rings. The zero-order valence-corrected chi connectivity index (χ0v) is 18.4. The quantitative estimate of drug-likeness (QED) is 0.517. The molecule has 0 aliphatic heterocycles. The minimum Gasteiger partial charge on any atom is -0.478 e. The summed E-state index contributed by atoms with van der Waals surface area (Å²) in [6.45, 7) is 1.62. The van der Waals surface area contributed by atoms with E-state index in [-0.39, 0.29) is 22.8 Å². The van der Waals surface area contributed by atoms with E-state index in [1.165, 1.54) is 28.9 Å². The van der Waals surface area contributed by atoms with Crippen LogP contribution in [0.25, 0.3) is 0 Å². The van der Waals surface area contributed by atoms with Crippen molar-refractivity contribution >= 4 is 11.9 Å². The molecule has 2 N–H and O–H groups in total. The van der Waals surface area contributed by atoms with Gasteiger partial charge in [-0.25, -0.2) is 9.48 Å². The Morgan fingerprint density at radius 1 is 1.18 bits per heavy atom. The van der Waals surface area contributed by atoms with Gasteiger partial charge >= 0.3 is 12.1 Å². The van der Waals surface area contributed by atoms with Crippen molar-refractivity contribution < 1.29 is 32.6 Å². The highest BCUT2D eigenvalue weighted by Gasteiger charge is 2.45. The number of aromatic nitrogens is 2. The van der Waals surface area contributed by atoms with Gasteiger partial charge in [-0.1, -0.05) is 18.2 Å². The van der Waals surface area contributed by atoms with Gasteiger partial charge in [-0.15, -0.1) is 0 Å². The summed E-state index contributed by atoms with van der Waals surface area (Å²) in [7, 11) is 1.55. The Bertz CT molecular complexity index is 1250. The number of alkyl halides is 3. The molecule has 1 saturated carbocycles. The molecule has 1 fully saturated rings. The Balaban J connectivity index is 1.53. The SMILES string of the molecule is Cc1nn(C)c(Oc2cccc(C(F)(F)F)c2)c1C(=O)NC1(Cc2ccc(C(=O)O)cc2)CC1. The van der Waals surface area contributed by atoms with E-state index in [4.69, 9.17) is 9.84 Å². The van der Waals surface area contributed by atoms with Gasteiger partial charge in [0, 0.05) is 12.6 Å². The van der Waals surface area contributed by atoms with Crippen molar-refractivity contribution in [2.75, 3.05) is 0 Å². The average Bonchev–Trinajstić information content (AvgIpc) is 3.44. The Labute approximate surface area is 193 Å². The molecule has 3 aromatic rings. The topological polar surface area (TPSA) is 93.5 Å². The summed E-state index contributed by atoms with van der Waals surface area (Å²) in [6.07, 6.45) is -2.53. The van der Waals surface area contributed by atoms with Gasteiger partial charge in [0.05, 0.1) is 16.8 Å². The third-order valence-electron chi connectivity index (χ3n) is 5.75. The summed E-state index contributed by atoms with van der Waals surface area (Å²) in [5.74, 6) is -1.48. The summed E-state index contributed by atoms with van der Waals surface area (Å²) in [4.78, 5) is 24.2. The normalized spacial score (nSPS) is 14.5. The lowest BCUT2D eigenvalue weighted by atomic mass is 10.0. The van der Waals surface area contributed by atoms with Gasteiger partial charge in [-0.05, 0) is 62.1 Å². The fraction of sp³-hybridized carbons (Fsp3) is 0.292. The summed E-state index contributed by atoms with van der Waals surface area (Å²) < 4.78 is 46.2. The third kappa shape index (κ3) is 4.90. The molecule has 1 amide bonds. The lowest BCUT2D eigenvalue weighted by molar-refractivity contribution is -0.137. The molecule has 178 valence electrons. The molecule has 7 nitrogen and oxygen atoms in total. The van der Waals surface area contributed by atoms with Gasteiger partial charge in [0.2, 0.25) is 5.88 Å². The minimum absolute atomic E-state index is 0.0379. The number of aryl methyl sites for hydroxylation is 2. The maximum absolute atomic E-state index is 13.2. The predicted molar refractivity (Wildman–Crippen MR) is 116 cm³/mol. The predicted octanol–water partition coefficient (Wildman–Crippen LogP) is 4.74. The van der Waals surface area contributed by atoms with E-state index < -0.39 is 29.2 Å². The monoisotopic (exact) mass is 473 g/mol. The number of ether oxygens (including phenoxy) is 1. The number of hydrogen-bond donors (Lipinski definition) is 2. The summed E-state index contributed by atoms with van der Waals surface area (Å²) in [5.41, 5.74) is 0.236. The van der Waals surface area contributed by atoms with Crippen LogP contribution in [0.5, 0.6) is 11.6 Å². The molecule has 4 rings (SSSR count). The second kappa shape index (κ2) is 8.51. The van der Waals surface area contributed by atoms with E-state index in [0.29, 0.717) is 12.1 Å². The van der Waals surface area contributed by atoms with Crippen LogP contribution in [0.1, 0.15) is 50.4 Å². The molecule has 10 heteroatoms. The molecule has 0 saturated heterocycles. The van der Waals surface area contributed by atoms with Gasteiger partial charge in [-0.3, -0.25) is 4.79 Å². The molecule has 0 atom stereocenters. The summed E-state index contributed by atoms with van der Waals surface area (Å²) in [5, 5.41) is 16.3. The van der Waals surface area contributed by atoms with Crippen molar-refractivity contribution in [3.63, 3.8) is 0 Å². The highest BCUT2D eigenvalue weighted by molar-refractivity contribution is 5.98. The van der Waals surface area contributed by atoms with Gasteiger partial charge in [-0.2, -0.15) is 18.3 Å². The first-order valence-corrected chi connectivity index (χ1v) is 10.5. The van der Waals surface area contributed by atoms with Crippen LogP contribution in [-0.4, -0.2) is 32.3 Å². The first-order chi connectivity index (χ1) is 16.0. The van der Waals surface area contributed by atoms with Crippen molar-refractivity contribution in [3.05, 3.63) is 76.5 Å². The van der Waals surface area contributed by atoms with Crippen LogP contribution >= 0.6 is 0 Å². The molecule has 2 aromatic carbocycles. The van der Waals surface area contributed by atoms with Crippen molar-refractivity contribution in [1.29, 1.82) is 0 Å². The fourth-order valence-electron chi connectivity index (χ4n) is 3.82. The average molecular weight is 473 g/mol. The summed E-state index contributed by atoms with van der Waals surface area (Å²) in [6, 6.07) is 10.9. The van der Waals surface area contributed by atoms with Gasteiger partial charge < -0.3 is 15.2 Å². The molecule has 0 unspecified atom stereocenters. The fourth-order valence-corrected chi connectivity index (χ4v) is 3.82. The van der Waals surface area contributed by atoms with Crippen LogP contribution in [-0.2, 0) is 19.6 Å². The zero-order chi connectivity index (χ0) is 24.7. The van der Waals surface area contributed by atoms with E-state index in [2.05, 4.69) is 10.4 Å². The first-order valence-electron chi connectivity index (χ1n) is 10.5. The number of carbonyl (C=O) groups excluding carboxylic acids is 1. The third-order valence-corrected chi connectivity index (χ3v) is 5.75. The van der Waals surface area contributed by atoms with E-state index in [1.807, 2.05) is 0 Å². The highest BCUT2D eigenvalue weighted by Crippen LogP contribution is 2.40. The van der Waals surface area contributed by atoms with Crippen LogP contribution < -0.4 is 10.1 Å². The molecule has 0 radical (unpaired) electrons. The maximum atomic E-state index is 13.2. The number of carboxylic acids is 1.